The maximum atomic E-state index is 11.8. The zero-order valence-corrected chi connectivity index (χ0v) is 14.0. The highest BCUT2D eigenvalue weighted by Crippen LogP contribution is 2.42. The molecule has 0 bridgehead atoms. The molecule has 0 saturated heterocycles. The van der Waals surface area contributed by atoms with Gasteiger partial charge in [0.25, 0.3) is 20.2 Å². The third-order valence-electron chi connectivity index (χ3n) is 4.24. The van der Waals surface area contributed by atoms with Crippen molar-refractivity contribution in [3.05, 3.63) is 42.5 Å². The third kappa shape index (κ3) is 2.24. The van der Waals surface area contributed by atoms with Crippen molar-refractivity contribution >= 4 is 52.6 Å². The van der Waals surface area contributed by atoms with Crippen LogP contribution in [0.2, 0.25) is 0 Å². The first-order valence-electron chi connectivity index (χ1n) is 6.97. The Morgan fingerprint density at radius 1 is 0.640 bits per heavy atom. The molecule has 4 aromatic rings. The van der Waals surface area contributed by atoms with Crippen molar-refractivity contribution in [3.8, 4) is 5.75 Å². The van der Waals surface area contributed by atoms with Crippen molar-refractivity contribution in [3.63, 3.8) is 0 Å². The van der Waals surface area contributed by atoms with Crippen molar-refractivity contribution in [2.45, 2.75) is 9.79 Å². The average Bonchev–Trinajstić information content (AvgIpc) is 2.51. The zero-order chi connectivity index (χ0) is 18.1. The molecule has 0 aliphatic rings. The number of hydrogen-bond donors (Lipinski definition) is 3. The van der Waals surface area contributed by atoms with Gasteiger partial charge in [-0.2, -0.15) is 16.8 Å². The average molecular weight is 378 g/mol. The minimum Gasteiger partial charge on any atom is -0.507 e. The Hall–Kier alpha value is -2.46. The lowest BCUT2D eigenvalue weighted by atomic mass is 9.94. The topological polar surface area (TPSA) is 129 Å². The molecular formula is C16H10O7S2. The van der Waals surface area contributed by atoms with Gasteiger partial charge in [-0.05, 0) is 23.6 Å². The normalized spacial score (nSPS) is 13.2. The molecule has 0 aliphatic carbocycles. The van der Waals surface area contributed by atoms with Crippen molar-refractivity contribution in [2.24, 2.45) is 0 Å². The van der Waals surface area contributed by atoms with Crippen molar-refractivity contribution in [1.29, 1.82) is 0 Å². The lowest BCUT2D eigenvalue weighted by Crippen LogP contribution is -2.06. The third-order valence-corrected chi connectivity index (χ3v) is 6.03. The minimum atomic E-state index is -4.76. The van der Waals surface area contributed by atoms with Gasteiger partial charge < -0.3 is 5.11 Å². The summed E-state index contributed by atoms with van der Waals surface area (Å²) in [7, 11) is -9.52. The first-order valence-corrected chi connectivity index (χ1v) is 9.85. The van der Waals surface area contributed by atoms with Gasteiger partial charge in [-0.25, -0.2) is 0 Å². The predicted octanol–water partition coefficient (Wildman–Crippen LogP) is 2.78. The summed E-state index contributed by atoms with van der Waals surface area (Å²) in [5.74, 6) is -0.0624. The first kappa shape index (κ1) is 16.0. The molecule has 4 aromatic carbocycles. The molecule has 0 fully saturated rings. The Balaban J connectivity index is 2.45. The Morgan fingerprint density at radius 2 is 1.12 bits per heavy atom. The van der Waals surface area contributed by atoms with Crippen molar-refractivity contribution in [2.75, 3.05) is 0 Å². The van der Waals surface area contributed by atoms with E-state index in [1.807, 2.05) is 0 Å². The first-order chi connectivity index (χ1) is 11.6. The van der Waals surface area contributed by atoms with Gasteiger partial charge in [-0.3, -0.25) is 9.11 Å². The molecule has 0 heterocycles. The highest BCUT2D eigenvalue weighted by molar-refractivity contribution is 7.87. The predicted molar refractivity (Wildman–Crippen MR) is 91.4 cm³/mol. The van der Waals surface area contributed by atoms with Crippen LogP contribution >= 0.6 is 0 Å². The van der Waals surface area contributed by atoms with Gasteiger partial charge >= 0.3 is 0 Å². The number of hydrogen-bond acceptors (Lipinski definition) is 5. The second-order valence-corrected chi connectivity index (χ2v) is 8.43. The quantitative estimate of drug-likeness (QED) is 0.361. The SMILES string of the molecule is O=S(=O)(O)c1cc(S(=O)(=O)O)c2ccc3c(O)ccc4ccc1c2c43. The molecule has 4 rings (SSSR count). The summed E-state index contributed by atoms with van der Waals surface area (Å²) in [6.07, 6.45) is 0. The van der Waals surface area contributed by atoms with E-state index in [0.717, 1.165) is 6.07 Å². The summed E-state index contributed by atoms with van der Waals surface area (Å²) in [6.45, 7) is 0. The van der Waals surface area contributed by atoms with E-state index in [2.05, 4.69) is 0 Å². The van der Waals surface area contributed by atoms with Crippen molar-refractivity contribution in [1.82, 2.24) is 0 Å². The Labute approximate surface area is 142 Å². The van der Waals surface area contributed by atoms with E-state index in [9.17, 15) is 31.0 Å². The van der Waals surface area contributed by atoms with Gasteiger partial charge in [0.05, 0.1) is 0 Å². The van der Waals surface area contributed by atoms with Gasteiger partial charge in [-0.1, -0.05) is 24.3 Å². The summed E-state index contributed by atoms with van der Waals surface area (Å²) < 4.78 is 66.0. The largest absolute Gasteiger partial charge is 0.507 e. The molecule has 128 valence electrons. The van der Waals surface area contributed by atoms with Crippen LogP contribution in [0, 0.1) is 0 Å². The van der Waals surface area contributed by atoms with E-state index >= 15 is 0 Å². The maximum absolute atomic E-state index is 11.8. The molecule has 3 N–H and O–H groups in total. The maximum Gasteiger partial charge on any atom is 0.295 e. The zero-order valence-electron chi connectivity index (χ0n) is 12.3. The number of aromatic hydroxyl groups is 1. The molecule has 0 saturated carbocycles. The minimum absolute atomic E-state index is 0.0624. The fourth-order valence-corrected chi connectivity index (χ4v) is 4.75. The van der Waals surface area contributed by atoms with Crippen LogP contribution in [0.3, 0.4) is 0 Å². The highest BCUT2D eigenvalue weighted by Gasteiger charge is 2.25. The molecule has 0 unspecified atom stereocenters. The molecule has 7 nitrogen and oxygen atoms in total. The Bertz CT molecular complexity index is 1340. The summed E-state index contributed by atoms with van der Waals surface area (Å²) in [5.41, 5.74) is 0. The second kappa shape index (κ2) is 4.79. The molecular weight excluding hydrogens is 368 g/mol. The second-order valence-electron chi connectivity index (χ2n) is 5.65. The van der Waals surface area contributed by atoms with Crippen molar-refractivity contribution < 1.29 is 31.0 Å². The lowest BCUT2D eigenvalue weighted by Gasteiger charge is -2.15. The summed E-state index contributed by atoms with van der Waals surface area (Å²) >= 11 is 0. The molecule has 0 atom stereocenters. The van der Waals surface area contributed by atoms with E-state index in [1.165, 1.54) is 24.3 Å². The van der Waals surface area contributed by atoms with Crippen LogP contribution in [0.4, 0.5) is 0 Å². The number of rotatable bonds is 2. The summed E-state index contributed by atoms with van der Waals surface area (Å²) in [6, 6.07) is 9.70. The Morgan fingerprint density at radius 3 is 1.68 bits per heavy atom. The molecule has 9 heteroatoms. The Kier molecular flexibility index (Phi) is 3.07. The monoisotopic (exact) mass is 378 g/mol. The molecule has 0 spiro atoms. The number of benzene rings is 4. The van der Waals surface area contributed by atoms with E-state index in [0.29, 0.717) is 16.2 Å². The summed E-state index contributed by atoms with van der Waals surface area (Å²) in [4.78, 5) is -1.27. The van der Waals surface area contributed by atoms with E-state index in [4.69, 9.17) is 0 Å². The highest BCUT2D eigenvalue weighted by atomic mass is 32.2. The van der Waals surface area contributed by atoms with Crippen LogP contribution in [-0.2, 0) is 20.2 Å². The number of phenols is 1. The smallest absolute Gasteiger partial charge is 0.295 e. The van der Waals surface area contributed by atoms with Gasteiger partial charge in [0, 0.05) is 26.9 Å². The van der Waals surface area contributed by atoms with E-state index in [1.54, 1.807) is 12.1 Å². The number of phenolic OH excluding ortho intramolecular Hbond substituents is 1. The summed E-state index contributed by atoms with van der Waals surface area (Å²) in [5, 5.41) is 11.9. The van der Waals surface area contributed by atoms with Gasteiger partial charge in [0.15, 0.2) is 0 Å². The molecule has 0 aliphatic heterocycles. The van der Waals surface area contributed by atoms with E-state index < -0.39 is 30.0 Å². The lowest BCUT2D eigenvalue weighted by molar-refractivity contribution is 0.481. The van der Waals surface area contributed by atoms with Gasteiger partial charge in [0.1, 0.15) is 15.5 Å². The van der Waals surface area contributed by atoms with Crippen LogP contribution in [0.15, 0.2) is 52.3 Å². The van der Waals surface area contributed by atoms with Crippen LogP contribution in [-0.4, -0.2) is 31.0 Å². The fraction of sp³-hybridized carbons (Fsp3) is 0. The van der Waals surface area contributed by atoms with Crippen LogP contribution in [0.25, 0.3) is 32.3 Å². The van der Waals surface area contributed by atoms with Gasteiger partial charge in [0.2, 0.25) is 0 Å². The standard InChI is InChI=1S/C16H10O7S2/c17-12-6-2-8-1-3-10-13(24(18,19)20)7-14(25(21,22)23)11-5-4-9(12)15(8)16(10)11/h1-7,17H,(H,18,19,20)(H,21,22,23). The van der Waals surface area contributed by atoms with Crippen LogP contribution in [0.5, 0.6) is 5.75 Å². The fourth-order valence-electron chi connectivity index (χ4n) is 3.24. The molecule has 0 aromatic heterocycles. The van der Waals surface area contributed by atoms with Crippen LogP contribution < -0.4 is 0 Å². The van der Waals surface area contributed by atoms with Gasteiger partial charge in [-0.15, -0.1) is 0 Å². The van der Waals surface area contributed by atoms with Crippen LogP contribution in [0.1, 0.15) is 0 Å². The van der Waals surface area contributed by atoms with E-state index in [-0.39, 0.29) is 21.9 Å². The molecule has 0 radical (unpaired) electrons. The molecule has 25 heavy (non-hydrogen) atoms. The molecule has 0 amide bonds.